The fourth-order valence-electron chi connectivity index (χ4n) is 0. The highest BCUT2D eigenvalue weighted by Crippen LogP contribution is 1.56. The maximum atomic E-state index is 6.58. The van der Waals surface area contributed by atoms with E-state index >= 15 is 0 Å². The topological polar surface area (TPSA) is 0 Å². The molecule has 0 nitrogen and oxygen atoms in total. The third-order valence-electron chi connectivity index (χ3n) is 0. The molecule has 28 valence electrons. The van der Waals surface area contributed by atoms with E-state index in [1.165, 1.54) is 0 Å². The first-order valence-corrected chi connectivity index (χ1v) is 1.15. The summed E-state index contributed by atoms with van der Waals surface area (Å²) in [6.45, 7) is 3.67. The van der Waals surface area contributed by atoms with Crippen LogP contribution >= 0.6 is 0 Å². The van der Waals surface area contributed by atoms with Crippen LogP contribution in [-0.4, -0.2) is 0 Å². The van der Waals surface area contributed by atoms with Gasteiger partial charge in [0.1, 0.15) is 0 Å². The zero-order valence-corrected chi connectivity index (χ0v) is 2.58. The Bertz CT molecular complexity index is 8.36. The van der Waals surface area contributed by atoms with Gasteiger partial charge < -0.3 is 0 Å². The van der Waals surface area contributed by atoms with Crippen molar-refractivity contribution in [3.8, 4) is 0 Å². The quantitative estimate of drug-likeness (QED) is 0.403. The maximum Gasteiger partial charge on any atom is 0.0261 e. The second-order valence-electron chi connectivity index (χ2n) is 0.577. The van der Waals surface area contributed by atoms with Gasteiger partial charge in [0.05, 0.1) is 0 Å². The molecule has 0 fully saturated rings. The summed E-state index contributed by atoms with van der Waals surface area (Å²) in [5.74, 6) is 0. The Hall–Kier alpha value is 0. The van der Waals surface area contributed by atoms with E-state index in [4.69, 9.17) is 1.37 Å². The smallest absolute Gasteiger partial charge is 0.0261 e. The maximum absolute atomic E-state index is 6.58. The molecule has 0 saturated heterocycles. The van der Waals surface area contributed by atoms with Gasteiger partial charge in [-0.3, -0.25) is 0 Å². The summed E-state index contributed by atoms with van der Waals surface area (Å²) >= 11 is 0. The highest BCUT2D eigenvalue weighted by atomic mass is 13.4. The summed E-state index contributed by atoms with van der Waals surface area (Å²) in [5.41, 5.74) is 0. The molecule has 0 atom stereocenters. The van der Waals surface area contributed by atoms with E-state index in [1.54, 1.807) is 0 Å². The van der Waals surface area contributed by atoms with Crippen LogP contribution < -0.4 is 0 Å². The molecule has 0 aromatic carbocycles. The molecule has 0 amide bonds. The third kappa shape index (κ3) is 0. The van der Waals surface area contributed by atoms with E-state index in [0.717, 1.165) is 0 Å². The Labute approximate surface area is 30.2 Å². The van der Waals surface area contributed by atoms with E-state index in [1.807, 2.05) is 13.8 Å². The van der Waals surface area contributed by atoms with Crippen LogP contribution in [-0.2, 0) is 0 Å². The summed E-state index contributed by atoms with van der Waals surface area (Å²) in [6, 6.07) is 0. The van der Waals surface area contributed by atoms with E-state index < -0.39 is 0 Å². The first-order chi connectivity index (χ1) is 1.73. The van der Waals surface area contributed by atoms with Crippen molar-refractivity contribution in [3.05, 3.63) is 0 Å². The standard InChI is InChI=1S/C3H8.CH4/c1-3-2;/h3H2,1-2H3;1H4/i3T;. The lowest BCUT2D eigenvalue weighted by molar-refractivity contribution is 1.09. The minimum atomic E-state index is 0. The summed E-state index contributed by atoms with van der Waals surface area (Å²) in [4.78, 5) is 0. The molecule has 4 heavy (non-hydrogen) atoms. The molecule has 0 saturated carbocycles. The van der Waals surface area contributed by atoms with Crippen LogP contribution in [0.15, 0.2) is 0 Å². The average molecular weight is 62.1 g/mol. The van der Waals surface area contributed by atoms with Crippen LogP contribution in [0.2, 0.25) is 0 Å². The lowest BCUT2D eigenvalue weighted by Gasteiger charge is -1.48. The number of hydrogen-bond acceptors (Lipinski definition) is 0. The van der Waals surface area contributed by atoms with Crippen molar-refractivity contribution in [3.63, 3.8) is 0 Å². The van der Waals surface area contributed by atoms with Crippen LogP contribution in [0.1, 0.15) is 29.0 Å². The van der Waals surface area contributed by atoms with Crippen LogP contribution in [0, 0.1) is 0 Å². The molecule has 0 rings (SSSR count). The molecule has 0 spiro atoms. The molecule has 0 heteroatoms. The molecule has 0 aliphatic rings. The number of rotatable bonds is 0. The van der Waals surface area contributed by atoms with Gasteiger partial charge in [-0.05, 0) is 0 Å². The van der Waals surface area contributed by atoms with Crippen LogP contribution in [0.4, 0.5) is 0 Å². The average Bonchev–Trinajstić information content (AvgIpc) is 0.811. The first-order valence-electron chi connectivity index (χ1n) is 1.73. The van der Waals surface area contributed by atoms with Crippen molar-refractivity contribution < 1.29 is 1.37 Å². The Morgan fingerprint density at radius 1 is 1.75 bits per heavy atom. The van der Waals surface area contributed by atoms with Gasteiger partial charge in [-0.25, -0.2) is 0 Å². The van der Waals surface area contributed by atoms with Gasteiger partial charge in [-0.15, -0.1) is 0 Å². The molecule has 0 unspecified atom stereocenters. The molecular weight excluding hydrogens is 48.0 g/mol. The van der Waals surface area contributed by atoms with Gasteiger partial charge in [-0.2, -0.15) is 0 Å². The van der Waals surface area contributed by atoms with Gasteiger partial charge in [0.2, 0.25) is 0 Å². The van der Waals surface area contributed by atoms with Crippen molar-refractivity contribution in [1.29, 1.82) is 0 Å². The Balaban J connectivity index is 0. The van der Waals surface area contributed by atoms with Crippen molar-refractivity contribution in [1.82, 2.24) is 0 Å². The summed E-state index contributed by atoms with van der Waals surface area (Å²) < 4.78 is 6.58. The SMILES string of the molecule is C.[3H]C(C)C. The summed E-state index contributed by atoms with van der Waals surface area (Å²) in [6.07, 6.45) is 0.0833. The molecule has 0 radical (unpaired) electrons. The fourth-order valence-corrected chi connectivity index (χ4v) is 0. The lowest BCUT2D eigenvalue weighted by Crippen LogP contribution is -1.27. The van der Waals surface area contributed by atoms with Gasteiger partial charge in [0.25, 0.3) is 0 Å². The largest absolute Gasteiger partial charge is 0.0776 e. The zero-order valence-electron chi connectivity index (χ0n) is 3.58. The molecule has 0 bridgehead atoms. The van der Waals surface area contributed by atoms with Gasteiger partial charge in [-0.1, -0.05) is 27.7 Å². The minimum absolute atomic E-state index is 0. The van der Waals surface area contributed by atoms with Crippen LogP contribution in [0.25, 0.3) is 0 Å². The second-order valence-corrected chi connectivity index (χ2v) is 0.577. The minimum Gasteiger partial charge on any atom is -0.0776 e. The second kappa shape index (κ2) is 12.0. The Kier molecular flexibility index (Phi) is 12.0. The Morgan fingerprint density at radius 3 is 1.75 bits per heavy atom. The van der Waals surface area contributed by atoms with Crippen molar-refractivity contribution >= 4 is 0 Å². The van der Waals surface area contributed by atoms with Crippen molar-refractivity contribution in [2.75, 3.05) is 0 Å². The predicted octanol–water partition coefficient (Wildman–Crippen LogP) is 2.05. The van der Waals surface area contributed by atoms with E-state index in [9.17, 15) is 0 Å². The normalized spacial score (nSPS) is 9.25. The van der Waals surface area contributed by atoms with Crippen molar-refractivity contribution in [2.45, 2.75) is 27.7 Å². The molecule has 0 aliphatic heterocycles. The molecule has 0 aromatic rings. The molecule has 0 heterocycles. The van der Waals surface area contributed by atoms with Gasteiger partial charge in [0.15, 0.2) is 0 Å². The van der Waals surface area contributed by atoms with Gasteiger partial charge in [0, 0.05) is 1.37 Å². The summed E-state index contributed by atoms with van der Waals surface area (Å²) in [7, 11) is 0. The van der Waals surface area contributed by atoms with Gasteiger partial charge >= 0.3 is 0 Å². The third-order valence-corrected chi connectivity index (χ3v) is 0. The molecule has 0 aromatic heterocycles. The first kappa shape index (κ1) is 4.00. The fraction of sp³-hybridized carbons (Fsp3) is 1.00. The Morgan fingerprint density at radius 2 is 1.75 bits per heavy atom. The number of hydrogen-bond donors (Lipinski definition) is 0. The lowest BCUT2D eigenvalue weighted by atomic mass is 10.6. The van der Waals surface area contributed by atoms with E-state index in [-0.39, 0.29) is 13.8 Å². The van der Waals surface area contributed by atoms with Crippen LogP contribution in [0.3, 0.4) is 0 Å². The monoisotopic (exact) mass is 62.1 g/mol. The van der Waals surface area contributed by atoms with E-state index in [2.05, 4.69) is 0 Å². The molecule has 0 N–H and O–H groups in total. The molecule has 0 aliphatic carbocycles. The predicted molar refractivity (Wildman–Crippen MR) is 22.7 cm³/mol. The van der Waals surface area contributed by atoms with E-state index in [0.29, 0.717) is 0 Å². The highest BCUT2D eigenvalue weighted by Gasteiger charge is 1.35. The van der Waals surface area contributed by atoms with Crippen molar-refractivity contribution in [2.24, 2.45) is 0 Å². The zero-order chi connectivity index (χ0) is 3.58. The highest BCUT2D eigenvalue weighted by molar-refractivity contribution is 3.92. The molecular formula is C4H12. The van der Waals surface area contributed by atoms with Crippen LogP contribution in [0.5, 0.6) is 0 Å². The summed E-state index contributed by atoms with van der Waals surface area (Å²) in [5, 5.41) is 0.